The van der Waals surface area contributed by atoms with Crippen molar-refractivity contribution in [2.45, 2.75) is 0 Å². The lowest BCUT2D eigenvalue weighted by Crippen LogP contribution is -2.11. The molecule has 0 fully saturated rings. The van der Waals surface area contributed by atoms with Crippen molar-refractivity contribution in [3.8, 4) is 28.4 Å². The molecule has 0 atom stereocenters. The molecule has 1 amide bonds. The summed E-state index contributed by atoms with van der Waals surface area (Å²) in [5.74, 6) is 0.652. The molecule has 1 heterocycles. The minimum absolute atomic E-state index is 0.322. The van der Waals surface area contributed by atoms with Crippen LogP contribution in [0.2, 0.25) is 0 Å². The highest BCUT2D eigenvalue weighted by Crippen LogP contribution is 2.34. The summed E-state index contributed by atoms with van der Waals surface area (Å²) < 4.78 is 12.2. The van der Waals surface area contributed by atoms with Crippen molar-refractivity contribution in [3.05, 3.63) is 60.3 Å². The Hall–Kier alpha value is -3.28. The molecule has 24 heavy (non-hydrogen) atoms. The van der Waals surface area contributed by atoms with E-state index < -0.39 is 5.91 Å². The van der Waals surface area contributed by atoms with E-state index in [1.165, 1.54) is 0 Å². The van der Waals surface area contributed by atoms with Gasteiger partial charge in [0.1, 0.15) is 17.2 Å². The first kappa shape index (κ1) is 15.6. The van der Waals surface area contributed by atoms with Crippen LogP contribution in [0, 0.1) is 0 Å². The second-order valence-corrected chi connectivity index (χ2v) is 5.10. The SMILES string of the molecule is COc1ccc(-c2nn(-c3ccccc3)cc2C(N)=O)c(OC)c1. The number of aromatic nitrogens is 2. The van der Waals surface area contributed by atoms with Crippen LogP contribution in [0.15, 0.2) is 54.7 Å². The van der Waals surface area contributed by atoms with Gasteiger partial charge in [0.15, 0.2) is 0 Å². The van der Waals surface area contributed by atoms with E-state index in [9.17, 15) is 4.79 Å². The molecule has 0 saturated carbocycles. The highest BCUT2D eigenvalue weighted by Gasteiger charge is 2.19. The molecule has 0 aliphatic rings. The number of carbonyl (C=O) groups is 1. The summed E-state index contributed by atoms with van der Waals surface area (Å²) in [6, 6.07) is 14.8. The zero-order valence-corrected chi connectivity index (χ0v) is 13.4. The maximum atomic E-state index is 11.9. The molecule has 0 unspecified atom stereocenters. The largest absolute Gasteiger partial charge is 0.497 e. The molecule has 2 N–H and O–H groups in total. The van der Waals surface area contributed by atoms with Crippen molar-refractivity contribution in [3.63, 3.8) is 0 Å². The van der Waals surface area contributed by atoms with Gasteiger partial charge in [-0.15, -0.1) is 0 Å². The van der Waals surface area contributed by atoms with Crippen LogP contribution in [0.3, 0.4) is 0 Å². The molecule has 6 nitrogen and oxygen atoms in total. The van der Waals surface area contributed by atoms with Gasteiger partial charge in [0, 0.05) is 17.8 Å². The van der Waals surface area contributed by atoms with E-state index in [2.05, 4.69) is 5.10 Å². The maximum Gasteiger partial charge on any atom is 0.252 e. The Bertz CT molecular complexity index is 872. The summed E-state index contributed by atoms with van der Waals surface area (Å²) in [5, 5.41) is 4.53. The van der Waals surface area contributed by atoms with Crippen molar-refractivity contribution in [1.29, 1.82) is 0 Å². The summed E-state index contributed by atoms with van der Waals surface area (Å²) in [6.45, 7) is 0. The highest BCUT2D eigenvalue weighted by molar-refractivity contribution is 5.99. The third kappa shape index (κ3) is 2.81. The first-order valence-corrected chi connectivity index (χ1v) is 7.31. The van der Waals surface area contributed by atoms with Gasteiger partial charge in [-0.25, -0.2) is 4.68 Å². The lowest BCUT2D eigenvalue weighted by atomic mass is 10.1. The molecule has 1 aromatic heterocycles. The van der Waals surface area contributed by atoms with Crippen LogP contribution in [0.4, 0.5) is 0 Å². The Morgan fingerprint density at radius 2 is 1.83 bits per heavy atom. The van der Waals surface area contributed by atoms with E-state index in [-0.39, 0.29) is 0 Å². The number of ether oxygens (including phenoxy) is 2. The number of benzene rings is 2. The van der Waals surface area contributed by atoms with E-state index in [4.69, 9.17) is 15.2 Å². The number of rotatable bonds is 5. The standard InChI is InChI=1S/C18H17N3O3/c1-23-13-8-9-14(16(10-13)24-2)17-15(18(19)22)11-21(20-17)12-6-4-3-5-7-12/h3-11H,1-2H3,(H2,19,22). The average Bonchev–Trinajstić information content (AvgIpc) is 3.07. The molecule has 0 aliphatic heterocycles. The molecule has 2 aromatic carbocycles. The Kier molecular flexibility index (Phi) is 4.20. The van der Waals surface area contributed by atoms with Gasteiger partial charge in [-0.05, 0) is 24.3 Å². The highest BCUT2D eigenvalue weighted by atomic mass is 16.5. The van der Waals surface area contributed by atoms with Crippen LogP contribution in [0.5, 0.6) is 11.5 Å². The fraction of sp³-hybridized carbons (Fsp3) is 0.111. The van der Waals surface area contributed by atoms with Gasteiger partial charge in [-0.1, -0.05) is 18.2 Å². The van der Waals surface area contributed by atoms with Gasteiger partial charge >= 0.3 is 0 Å². The predicted molar refractivity (Wildman–Crippen MR) is 90.6 cm³/mol. The van der Waals surface area contributed by atoms with Crippen LogP contribution in [0.25, 0.3) is 16.9 Å². The lowest BCUT2D eigenvalue weighted by molar-refractivity contribution is 0.100. The van der Waals surface area contributed by atoms with Crippen LogP contribution < -0.4 is 15.2 Å². The second kappa shape index (κ2) is 6.45. The number of para-hydroxylation sites is 1. The van der Waals surface area contributed by atoms with Crippen molar-refractivity contribution < 1.29 is 14.3 Å². The normalized spacial score (nSPS) is 10.4. The fourth-order valence-corrected chi connectivity index (χ4v) is 2.46. The lowest BCUT2D eigenvalue weighted by Gasteiger charge is -2.09. The molecule has 0 radical (unpaired) electrons. The number of amides is 1. The summed E-state index contributed by atoms with van der Waals surface area (Å²) in [7, 11) is 3.13. The summed E-state index contributed by atoms with van der Waals surface area (Å²) in [4.78, 5) is 11.9. The fourth-order valence-electron chi connectivity index (χ4n) is 2.46. The quantitative estimate of drug-likeness (QED) is 0.783. The topological polar surface area (TPSA) is 79.4 Å². The maximum absolute atomic E-state index is 11.9. The molecular weight excluding hydrogens is 306 g/mol. The van der Waals surface area contributed by atoms with E-state index >= 15 is 0 Å². The van der Waals surface area contributed by atoms with Gasteiger partial charge in [-0.2, -0.15) is 5.10 Å². The Morgan fingerprint density at radius 3 is 2.46 bits per heavy atom. The minimum Gasteiger partial charge on any atom is -0.497 e. The number of hydrogen-bond acceptors (Lipinski definition) is 4. The first-order valence-electron chi connectivity index (χ1n) is 7.31. The number of nitrogens with two attached hydrogens (primary N) is 1. The van der Waals surface area contributed by atoms with Gasteiger partial charge in [-0.3, -0.25) is 4.79 Å². The van der Waals surface area contributed by atoms with E-state index in [1.807, 2.05) is 30.3 Å². The zero-order chi connectivity index (χ0) is 17.1. The molecule has 0 saturated heterocycles. The van der Waals surface area contributed by atoms with Crippen LogP contribution in [-0.4, -0.2) is 29.9 Å². The van der Waals surface area contributed by atoms with Gasteiger partial charge in [0.05, 0.1) is 25.5 Å². The number of hydrogen-bond donors (Lipinski definition) is 1. The molecule has 122 valence electrons. The molecule has 6 heteroatoms. The Balaban J connectivity index is 2.17. The van der Waals surface area contributed by atoms with Crippen molar-refractivity contribution >= 4 is 5.91 Å². The monoisotopic (exact) mass is 323 g/mol. The molecule has 3 aromatic rings. The smallest absolute Gasteiger partial charge is 0.252 e. The van der Waals surface area contributed by atoms with Crippen molar-refractivity contribution in [2.75, 3.05) is 14.2 Å². The van der Waals surface area contributed by atoms with Gasteiger partial charge < -0.3 is 15.2 Å². The predicted octanol–water partition coefficient (Wildman–Crippen LogP) is 2.66. The van der Waals surface area contributed by atoms with Gasteiger partial charge in [0.2, 0.25) is 0 Å². The Morgan fingerprint density at radius 1 is 1.08 bits per heavy atom. The number of nitrogens with zero attached hydrogens (tertiary/aromatic N) is 2. The minimum atomic E-state index is -0.551. The number of carbonyl (C=O) groups excluding carboxylic acids is 1. The van der Waals surface area contributed by atoms with Crippen molar-refractivity contribution in [2.24, 2.45) is 5.73 Å². The Labute approximate surface area is 139 Å². The van der Waals surface area contributed by atoms with E-state index in [1.54, 1.807) is 43.3 Å². The van der Waals surface area contributed by atoms with E-state index in [0.29, 0.717) is 28.3 Å². The molecule has 0 spiro atoms. The van der Waals surface area contributed by atoms with E-state index in [0.717, 1.165) is 5.69 Å². The second-order valence-electron chi connectivity index (χ2n) is 5.10. The number of methoxy groups -OCH3 is 2. The molecule has 0 aliphatic carbocycles. The van der Waals surface area contributed by atoms with Gasteiger partial charge in [0.25, 0.3) is 5.91 Å². The summed E-state index contributed by atoms with van der Waals surface area (Å²) >= 11 is 0. The third-order valence-corrected chi connectivity index (χ3v) is 3.66. The third-order valence-electron chi connectivity index (χ3n) is 3.66. The average molecular weight is 323 g/mol. The molecule has 3 rings (SSSR count). The molecule has 0 bridgehead atoms. The van der Waals surface area contributed by atoms with Crippen molar-refractivity contribution in [1.82, 2.24) is 9.78 Å². The molecular formula is C18H17N3O3. The van der Waals surface area contributed by atoms with Crippen LogP contribution >= 0.6 is 0 Å². The first-order chi connectivity index (χ1) is 11.6. The van der Waals surface area contributed by atoms with Crippen LogP contribution in [0.1, 0.15) is 10.4 Å². The summed E-state index contributed by atoms with van der Waals surface area (Å²) in [5.41, 5.74) is 7.82. The zero-order valence-electron chi connectivity index (χ0n) is 13.4. The number of primary amides is 1. The summed E-state index contributed by atoms with van der Waals surface area (Å²) in [6.07, 6.45) is 1.62. The van der Waals surface area contributed by atoms with Crippen LogP contribution in [-0.2, 0) is 0 Å².